The van der Waals surface area contributed by atoms with Crippen LogP contribution in [0.2, 0.25) is 0 Å². The molecule has 0 amide bonds. The van der Waals surface area contributed by atoms with Crippen LogP contribution in [0, 0.1) is 6.92 Å². The van der Waals surface area contributed by atoms with Crippen LogP contribution in [0.25, 0.3) is 17.2 Å². The van der Waals surface area contributed by atoms with Crippen molar-refractivity contribution in [2.24, 2.45) is 0 Å². The predicted octanol–water partition coefficient (Wildman–Crippen LogP) is 4.14. The lowest BCUT2D eigenvalue weighted by atomic mass is 9.94. The Hall–Kier alpha value is -1.82. The molecule has 0 heteroatoms. The quantitative estimate of drug-likeness (QED) is 0.532. The van der Waals surface area contributed by atoms with E-state index in [9.17, 15) is 0 Å². The Bertz CT molecular complexity index is 660. The van der Waals surface area contributed by atoms with Crippen LogP contribution >= 0.6 is 0 Å². The first-order valence-electron chi connectivity index (χ1n) is 6.25. The number of hydrogen-bond acceptors (Lipinski definition) is 0. The lowest BCUT2D eigenvalue weighted by Crippen LogP contribution is -1.94. The van der Waals surface area contributed by atoms with E-state index in [1.165, 1.54) is 33.4 Å². The molecule has 17 heavy (non-hydrogen) atoms. The van der Waals surface area contributed by atoms with Gasteiger partial charge in [0.1, 0.15) is 0 Å². The monoisotopic (exact) mass is 218 g/mol. The van der Waals surface area contributed by atoms with Gasteiger partial charge in [-0.1, -0.05) is 36.4 Å². The highest BCUT2D eigenvalue weighted by Gasteiger charge is 2.23. The second kappa shape index (κ2) is 3.10. The fourth-order valence-electron chi connectivity index (χ4n) is 3.25. The zero-order valence-electron chi connectivity index (χ0n) is 9.96. The number of rotatable bonds is 0. The van der Waals surface area contributed by atoms with Crippen molar-refractivity contribution in [1.29, 1.82) is 0 Å². The third kappa shape index (κ3) is 1.13. The van der Waals surface area contributed by atoms with E-state index in [4.69, 9.17) is 0 Å². The summed E-state index contributed by atoms with van der Waals surface area (Å²) in [5.74, 6) is 0. The molecule has 2 aliphatic rings. The molecular formula is C17H14. The molecule has 0 heterocycles. The Kier molecular flexibility index (Phi) is 1.69. The minimum atomic E-state index is 1.12. The Morgan fingerprint density at radius 1 is 1.00 bits per heavy atom. The van der Waals surface area contributed by atoms with Gasteiger partial charge in [-0.05, 0) is 64.8 Å². The van der Waals surface area contributed by atoms with Crippen molar-refractivity contribution in [1.82, 2.24) is 0 Å². The molecule has 0 unspecified atom stereocenters. The van der Waals surface area contributed by atoms with E-state index in [1.807, 2.05) is 0 Å². The van der Waals surface area contributed by atoms with E-state index in [0.717, 1.165) is 12.8 Å². The molecule has 0 bridgehead atoms. The van der Waals surface area contributed by atoms with Gasteiger partial charge in [-0.3, -0.25) is 0 Å². The molecule has 0 spiro atoms. The van der Waals surface area contributed by atoms with E-state index < -0.39 is 0 Å². The van der Waals surface area contributed by atoms with E-state index in [2.05, 4.69) is 49.4 Å². The number of allylic oxidation sites excluding steroid dienone is 1. The highest BCUT2D eigenvalue weighted by Crippen LogP contribution is 2.41. The third-order valence-electron chi connectivity index (χ3n) is 4.17. The molecule has 82 valence electrons. The largest absolute Gasteiger partial charge is 0.0795 e. The van der Waals surface area contributed by atoms with Crippen LogP contribution in [-0.4, -0.2) is 0 Å². The first-order chi connectivity index (χ1) is 8.34. The minimum Gasteiger partial charge on any atom is -0.0795 e. The molecular weight excluding hydrogens is 204 g/mol. The average Bonchev–Trinajstić information content (AvgIpc) is 2.94. The molecule has 0 fully saturated rings. The Labute approximate surface area is 102 Å². The Morgan fingerprint density at radius 2 is 1.88 bits per heavy atom. The number of fused-ring (bicyclic) bond motifs is 4. The maximum absolute atomic E-state index is 2.38. The molecule has 0 aliphatic heterocycles. The van der Waals surface area contributed by atoms with Gasteiger partial charge in [0.25, 0.3) is 0 Å². The predicted molar refractivity (Wildman–Crippen MR) is 72.2 cm³/mol. The van der Waals surface area contributed by atoms with Crippen molar-refractivity contribution in [3.63, 3.8) is 0 Å². The highest BCUT2D eigenvalue weighted by atomic mass is 14.3. The van der Waals surface area contributed by atoms with E-state index in [0.29, 0.717) is 0 Å². The SMILES string of the molecule is Cc1c2c(cc3c1Cc1ccccc1-3)C=CC2. The fraction of sp³-hybridized carbons (Fsp3) is 0.176. The van der Waals surface area contributed by atoms with Crippen molar-refractivity contribution in [3.05, 3.63) is 64.2 Å². The van der Waals surface area contributed by atoms with Gasteiger partial charge in [-0.25, -0.2) is 0 Å². The van der Waals surface area contributed by atoms with Crippen molar-refractivity contribution < 1.29 is 0 Å². The van der Waals surface area contributed by atoms with Crippen LogP contribution in [0.5, 0.6) is 0 Å². The van der Waals surface area contributed by atoms with E-state index >= 15 is 0 Å². The van der Waals surface area contributed by atoms with Gasteiger partial charge in [0.05, 0.1) is 0 Å². The second-order valence-corrected chi connectivity index (χ2v) is 5.04. The molecule has 0 aromatic heterocycles. The molecule has 0 atom stereocenters. The summed E-state index contributed by atoms with van der Waals surface area (Å²) in [4.78, 5) is 0. The number of hydrogen-bond donors (Lipinski definition) is 0. The van der Waals surface area contributed by atoms with Crippen LogP contribution in [0.1, 0.15) is 27.8 Å². The lowest BCUT2D eigenvalue weighted by Gasteiger charge is -2.11. The molecule has 0 N–H and O–H groups in total. The summed E-state index contributed by atoms with van der Waals surface area (Å²) in [6.07, 6.45) is 6.78. The molecule has 4 rings (SSSR count). The van der Waals surface area contributed by atoms with Crippen LogP contribution in [0.4, 0.5) is 0 Å². The molecule has 2 aliphatic carbocycles. The normalized spacial score (nSPS) is 14.6. The molecule has 0 saturated carbocycles. The summed E-state index contributed by atoms with van der Waals surface area (Å²) >= 11 is 0. The summed E-state index contributed by atoms with van der Waals surface area (Å²) in [5, 5.41) is 0. The van der Waals surface area contributed by atoms with Crippen LogP contribution in [-0.2, 0) is 12.8 Å². The smallest absolute Gasteiger partial charge is 0.00107 e. The van der Waals surface area contributed by atoms with Gasteiger partial charge >= 0.3 is 0 Å². The van der Waals surface area contributed by atoms with Crippen molar-refractivity contribution in [3.8, 4) is 11.1 Å². The summed E-state index contributed by atoms with van der Waals surface area (Å²) in [5.41, 5.74) is 10.4. The van der Waals surface area contributed by atoms with Gasteiger partial charge in [0, 0.05) is 0 Å². The minimum absolute atomic E-state index is 1.12. The fourth-order valence-corrected chi connectivity index (χ4v) is 3.25. The first kappa shape index (κ1) is 9.23. The summed E-state index contributed by atoms with van der Waals surface area (Å²) in [7, 11) is 0. The van der Waals surface area contributed by atoms with Gasteiger partial charge in [-0.2, -0.15) is 0 Å². The van der Waals surface area contributed by atoms with Gasteiger partial charge in [-0.15, -0.1) is 0 Å². The Balaban J connectivity index is 2.06. The Morgan fingerprint density at radius 3 is 2.82 bits per heavy atom. The summed E-state index contributed by atoms with van der Waals surface area (Å²) in [6, 6.07) is 11.2. The molecule has 2 aromatic rings. The van der Waals surface area contributed by atoms with Crippen molar-refractivity contribution in [2.45, 2.75) is 19.8 Å². The third-order valence-corrected chi connectivity index (χ3v) is 4.17. The van der Waals surface area contributed by atoms with Crippen LogP contribution in [0.3, 0.4) is 0 Å². The molecule has 0 nitrogen and oxygen atoms in total. The van der Waals surface area contributed by atoms with Crippen molar-refractivity contribution in [2.75, 3.05) is 0 Å². The zero-order chi connectivity index (χ0) is 11.4. The van der Waals surface area contributed by atoms with Gasteiger partial charge in [0.15, 0.2) is 0 Å². The number of benzene rings is 2. The molecule has 0 saturated heterocycles. The maximum atomic E-state index is 2.38. The van der Waals surface area contributed by atoms with Gasteiger partial charge in [0.2, 0.25) is 0 Å². The van der Waals surface area contributed by atoms with Crippen LogP contribution in [0.15, 0.2) is 36.4 Å². The first-order valence-corrected chi connectivity index (χ1v) is 6.25. The molecule has 2 aromatic carbocycles. The average molecular weight is 218 g/mol. The van der Waals surface area contributed by atoms with Crippen LogP contribution < -0.4 is 0 Å². The summed E-state index contributed by atoms with van der Waals surface area (Å²) in [6.45, 7) is 2.29. The topological polar surface area (TPSA) is 0 Å². The second-order valence-electron chi connectivity index (χ2n) is 5.04. The maximum Gasteiger partial charge on any atom is -0.00107 e. The standard InChI is InChI=1S/C17H14/c1-11-14-8-4-6-12(14)10-17-15-7-3-2-5-13(15)9-16(11)17/h2-7,10H,8-9H2,1H3. The zero-order valence-corrected chi connectivity index (χ0v) is 9.96. The summed E-state index contributed by atoms with van der Waals surface area (Å²) < 4.78 is 0. The van der Waals surface area contributed by atoms with E-state index in [-0.39, 0.29) is 0 Å². The van der Waals surface area contributed by atoms with E-state index in [1.54, 1.807) is 5.56 Å². The van der Waals surface area contributed by atoms with Gasteiger partial charge < -0.3 is 0 Å². The van der Waals surface area contributed by atoms with Crippen molar-refractivity contribution >= 4 is 6.08 Å². The molecule has 0 radical (unpaired) electrons. The lowest BCUT2D eigenvalue weighted by molar-refractivity contribution is 1.16. The highest BCUT2D eigenvalue weighted by molar-refractivity contribution is 5.82.